The van der Waals surface area contributed by atoms with Gasteiger partial charge in [-0.2, -0.15) is 0 Å². The van der Waals surface area contributed by atoms with E-state index in [4.69, 9.17) is 10.5 Å². The third kappa shape index (κ3) is 4.49. The van der Waals surface area contributed by atoms with Crippen LogP contribution in [0.1, 0.15) is 12.0 Å². The molecule has 0 fully saturated rings. The van der Waals surface area contributed by atoms with Crippen LogP contribution in [-0.4, -0.2) is 12.5 Å². The first-order valence-corrected chi connectivity index (χ1v) is 6.59. The first kappa shape index (κ1) is 14.8. The molecule has 21 heavy (non-hydrogen) atoms. The predicted octanol–water partition coefficient (Wildman–Crippen LogP) is 3.12. The molecule has 2 rings (SSSR count). The second kappa shape index (κ2) is 6.74. The molecule has 1 amide bonds. The van der Waals surface area contributed by atoms with Gasteiger partial charge in [0.15, 0.2) is 0 Å². The maximum Gasteiger partial charge on any atom is 0.227 e. The second-order valence-electron chi connectivity index (χ2n) is 4.69. The van der Waals surface area contributed by atoms with Crippen LogP contribution in [0, 0.1) is 12.7 Å². The van der Waals surface area contributed by atoms with Crippen LogP contribution in [0.5, 0.6) is 5.75 Å². The van der Waals surface area contributed by atoms with E-state index in [1.807, 2.05) is 31.2 Å². The number of anilines is 2. The normalized spacial score (nSPS) is 10.2. The number of carbonyl (C=O) groups excluding carboxylic acids is 1. The number of amides is 1. The SMILES string of the molecule is Cc1cccc(OCCC(=O)Nc2cc(F)ccc2N)c1. The number of aryl methyl sites for hydroxylation is 1. The Morgan fingerprint density at radius 3 is 2.86 bits per heavy atom. The predicted molar refractivity (Wildman–Crippen MR) is 80.7 cm³/mol. The summed E-state index contributed by atoms with van der Waals surface area (Å²) in [6.07, 6.45) is 0.157. The standard InChI is InChI=1S/C16H17FN2O2/c1-11-3-2-4-13(9-11)21-8-7-16(20)19-15-10-12(17)5-6-14(15)18/h2-6,9-10H,7-8,18H2,1H3,(H,19,20). The molecule has 0 aliphatic carbocycles. The molecule has 110 valence electrons. The van der Waals surface area contributed by atoms with Gasteiger partial charge in [0.05, 0.1) is 24.4 Å². The molecule has 5 heteroatoms. The molecular weight excluding hydrogens is 271 g/mol. The van der Waals surface area contributed by atoms with Crippen molar-refractivity contribution >= 4 is 17.3 Å². The Morgan fingerprint density at radius 1 is 1.29 bits per heavy atom. The Bertz CT molecular complexity index is 644. The quantitative estimate of drug-likeness (QED) is 0.831. The van der Waals surface area contributed by atoms with Crippen molar-refractivity contribution in [3.63, 3.8) is 0 Å². The molecule has 4 nitrogen and oxygen atoms in total. The maximum absolute atomic E-state index is 13.1. The van der Waals surface area contributed by atoms with Gasteiger partial charge in [-0.25, -0.2) is 4.39 Å². The lowest BCUT2D eigenvalue weighted by atomic mass is 10.2. The number of carbonyl (C=O) groups is 1. The zero-order valence-electron chi connectivity index (χ0n) is 11.7. The molecule has 0 aliphatic heterocycles. The number of hydrogen-bond donors (Lipinski definition) is 2. The zero-order chi connectivity index (χ0) is 15.2. The Hall–Kier alpha value is -2.56. The van der Waals surface area contributed by atoms with Crippen LogP contribution >= 0.6 is 0 Å². The highest BCUT2D eigenvalue weighted by atomic mass is 19.1. The van der Waals surface area contributed by atoms with Gasteiger partial charge < -0.3 is 15.8 Å². The van der Waals surface area contributed by atoms with Gasteiger partial charge in [-0.1, -0.05) is 12.1 Å². The third-order valence-corrected chi connectivity index (χ3v) is 2.88. The van der Waals surface area contributed by atoms with E-state index in [1.165, 1.54) is 18.2 Å². The number of hydrogen-bond acceptors (Lipinski definition) is 3. The maximum atomic E-state index is 13.1. The van der Waals surface area contributed by atoms with Crippen LogP contribution in [0.15, 0.2) is 42.5 Å². The molecule has 2 aromatic carbocycles. The summed E-state index contributed by atoms with van der Waals surface area (Å²) in [6.45, 7) is 2.21. The molecule has 0 bridgehead atoms. The molecule has 2 aromatic rings. The third-order valence-electron chi connectivity index (χ3n) is 2.88. The minimum absolute atomic E-state index is 0.157. The summed E-state index contributed by atoms with van der Waals surface area (Å²) >= 11 is 0. The molecule has 0 unspecified atom stereocenters. The lowest BCUT2D eigenvalue weighted by molar-refractivity contribution is -0.116. The Balaban J connectivity index is 1.84. The summed E-state index contributed by atoms with van der Waals surface area (Å²) in [7, 11) is 0. The highest BCUT2D eigenvalue weighted by Gasteiger charge is 2.07. The number of ether oxygens (including phenoxy) is 1. The van der Waals surface area contributed by atoms with E-state index in [1.54, 1.807) is 0 Å². The van der Waals surface area contributed by atoms with Gasteiger partial charge in [0, 0.05) is 0 Å². The van der Waals surface area contributed by atoms with Gasteiger partial charge >= 0.3 is 0 Å². The van der Waals surface area contributed by atoms with Crippen molar-refractivity contribution in [1.29, 1.82) is 0 Å². The van der Waals surface area contributed by atoms with E-state index in [0.717, 1.165) is 5.56 Å². The van der Waals surface area contributed by atoms with Gasteiger partial charge in [0.25, 0.3) is 0 Å². The summed E-state index contributed by atoms with van der Waals surface area (Å²) in [5.74, 6) is -0.0106. The molecule has 0 atom stereocenters. The molecular formula is C16H17FN2O2. The van der Waals surface area contributed by atoms with E-state index in [2.05, 4.69) is 5.32 Å². The molecule has 0 aliphatic rings. The average molecular weight is 288 g/mol. The molecule has 3 N–H and O–H groups in total. The van der Waals surface area contributed by atoms with Gasteiger partial charge in [-0.15, -0.1) is 0 Å². The fourth-order valence-corrected chi connectivity index (χ4v) is 1.82. The fraction of sp³-hybridized carbons (Fsp3) is 0.188. The molecule has 0 spiro atoms. The molecule has 0 saturated heterocycles. The Kier molecular flexibility index (Phi) is 4.77. The largest absolute Gasteiger partial charge is 0.493 e. The average Bonchev–Trinajstić information content (AvgIpc) is 2.43. The fourth-order valence-electron chi connectivity index (χ4n) is 1.82. The van der Waals surface area contributed by atoms with Crippen LogP contribution in [0.25, 0.3) is 0 Å². The number of rotatable bonds is 5. The molecule has 0 heterocycles. The highest BCUT2D eigenvalue weighted by molar-refractivity contribution is 5.93. The van der Waals surface area contributed by atoms with Crippen LogP contribution in [0.3, 0.4) is 0 Å². The van der Waals surface area contributed by atoms with Crippen molar-refractivity contribution in [3.8, 4) is 5.75 Å². The number of nitrogens with one attached hydrogen (secondary N) is 1. The first-order chi connectivity index (χ1) is 10.0. The summed E-state index contributed by atoms with van der Waals surface area (Å²) < 4.78 is 18.6. The summed E-state index contributed by atoms with van der Waals surface area (Å²) in [5.41, 5.74) is 7.35. The van der Waals surface area contributed by atoms with Crippen LogP contribution in [0.2, 0.25) is 0 Å². The van der Waals surface area contributed by atoms with E-state index in [-0.39, 0.29) is 24.6 Å². The lowest BCUT2D eigenvalue weighted by Gasteiger charge is -2.09. The monoisotopic (exact) mass is 288 g/mol. The molecule has 0 saturated carbocycles. The van der Waals surface area contributed by atoms with Gasteiger partial charge in [0.2, 0.25) is 5.91 Å². The Labute approximate surface area is 122 Å². The summed E-state index contributed by atoms with van der Waals surface area (Å²) in [6, 6.07) is 11.4. The van der Waals surface area contributed by atoms with Crippen molar-refractivity contribution < 1.29 is 13.9 Å². The molecule has 0 radical (unpaired) electrons. The smallest absolute Gasteiger partial charge is 0.227 e. The van der Waals surface area contributed by atoms with Crippen molar-refractivity contribution in [2.75, 3.05) is 17.7 Å². The summed E-state index contributed by atoms with van der Waals surface area (Å²) in [5, 5.41) is 2.56. The van der Waals surface area contributed by atoms with Crippen LogP contribution < -0.4 is 15.8 Å². The van der Waals surface area contributed by atoms with Gasteiger partial charge in [0.1, 0.15) is 11.6 Å². The van der Waals surface area contributed by atoms with Crippen molar-refractivity contribution in [3.05, 3.63) is 53.8 Å². The second-order valence-corrected chi connectivity index (χ2v) is 4.69. The van der Waals surface area contributed by atoms with E-state index < -0.39 is 5.82 Å². The number of nitrogen functional groups attached to an aromatic ring is 1. The van der Waals surface area contributed by atoms with Crippen molar-refractivity contribution in [2.24, 2.45) is 0 Å². The van der Waals surface area contributed by atoms with Crippen LogP contribution in [0.4, 0.5) is 15.8 Å². The van der Waals surface area contributed by atoms with Crippen molar-refractivity contribution in [2.45, 2.75) is 13.3 Å². The van der Waals surface area contributed by atoms with E-state index in [0.29, 0.717) is 11.4 Å². The number of halogens is 1. The number of nitrogens with two attached hydrogens (primary N) is 1. The lowest BCUT2D eigenvalue weighted by Crippen LogP contribution is -2.16. The van der Waals surface area contributed by atoms with E-state index >= 15 is 0 Å². The van der Waals surface area contributed by atoms with Crippen molar-refractivity contribution in [1.82, 2.24) is 0 Å². The zero-order valence-corrected chi connectivity index (χ0v) is 11.7. The highest BCUT2D eigenvalue weighted by Crippen LogP contribution is 2.19. The number of benzene rings is 2. The van der Waals surface area contributed by atoms with Gasteiger partial charge in [-0.05, 0) is 42.8 Å². The van der Waals surface area contributed by atoms with Crippen LogP contribution in [-0.2, 0) is 4.79 Å². The van der Waals surface area contributed by atoms with E-state index in [9.17, 15) is 9.18 Å². The minimum atomic E-state index is -0.449. The van der Waals surface area contributed by atoms with Gasteiger partial charge in [-0.3, -0.25) is 4.79 Å². The first-order valence-electron chi connectivity index (χ1n) is 6.59. The summed E-state index contributed by atoms with van der Waals surface area (Å²) in [4.78, 5) is 11.8. The Morgan fingerprint density at radius 2 is 2.10 bits per heavy atom. The molecule has 0 aromatic heterocycles. The minimum Gasteiger partial charge on any atom is -0.493 e. The topological polar surface area (TPSA) is 64.3 Å².